The van der Waals surface area contributed by atoms with Gasteiger partial charge in [0.05, 0.1) is 65.4 Å². The Morgan fingerprint density at radius 3 is 1.02 bits per heavy atom. The SMILES string of the molecule is CC[C@@H](C)C(=O)N[C@H](C(=O)N1C[C@@H](n2cc(CCNC(=O)c3cc(C(=O)NCCc4cn(C5C[C@@H](C(=O)N[C@@H]6CCCc7ccccc76)N(C(=O)[C@@H](NC(=O)[C@H](C)NC)C(C)(C)C)C5)nn4)cc(C(=O)NCCc4cn([C@H]5C[C@@H](C(=O)N[C@@H]6CCCc7ccccc76)N(C(=O)[C@@H](NC(=O)[C@H](C)NC)C(C)(C)C)C5)nn4)c3)nn2)C[C@H]1C(=O)NC(=O)N[C@@H]1CCCc2ccccc21)C(C)(C)C. The molecule has 3 fully saturated rings. The summed E-state index contributed by atoms with van der Waals surface area (Å²) in [5.74, 6) is -6.22. The van der Waals surface area contributed by atoms with Gasteiger partial charge >= 0.3 is 6.03 Å². The summed E-state index contributed by atoms with van der Waals surface area (Å²) >= 11 is 0. The van der Waals surface area contributed by atoms with Crippen LogP contribution in [-0.4, -0.2) is 238 Å². The number of carbonyl (C=O) groups is 13. The van der Waals surface area contributed by atoms with E-state index in [1.807, 2.05) is 130 Å². The van der Waals surface area contributed by atoms with E-state index in [2.05, 4.69) is 107 Å². The highest BCUT2D eigenvalue weighted by Crippen LogP contribution is 2.39. The zero-order valence-corrected chi connectivity index (χ0v) is 80.3. The molecule has 15 atom stereocenters. The Kier molecular flexibility index (Phi) is 32.0. The summed E-state index contributed by atoms with van der Waals surface area (Å²) in [6.45, 7) is 23.7. The van der Waals surface area contributed by atoms with Crippen LogP contribution in [0, 0.1) is 22.2 Å². The first-order valence-corrected chi connectivity index (χ1v) is 47.6. The van der Waals surface area contributed by atoms with Gasteiger partial charge in [-0.05, 0) is 160 Å². The molecule has 0 radical (unpaired) electrons. The number of aryl methyl sites for hydroxylation is 3. The summed E-state index contributed by atoms with van der Waals surface area (Å²) in [5.41, 5.74) is 5.25. The van der Waals surface area contributed by atoms with Gasteiger partial charge in [0, 0.05) is 119 Å². The van der Waals surface area contributed by atoms with Gasteiger partial charge < -0.3 is 73.2 Å². The maximum atomic E-state index is 15.0. The van der Waals surface area contributed by atoms with Crippen LogP contribution in [0.5, 0.6) is 0 Å². The molecule has 0 bridgehead atoms. The number of rotatable bonds is 33. The lowest BCUT2D eigenvalue weighted by Crippen LogP contribution is -2.59. The van der Waals surface area contributed by atoms with E-state index in [0.717, 1.165) is 71.9 Å². The number of nitrogens with zero attached hydrogens (tertiary/aromatic N) is 12. The molecule has 37 nitrogen and oxygen atoms in total. The summed E-state index contributed by atoms with van der Waals surface area (Å²) in [5, 5.41) is 62.3. The van der Waals surface area contributed by atoms with Crippen LogP contribution in [0.4, 0.5) is 4.79 Å². The molecule has 0 saturated carbocycles. The standard InChI is InChI=1S/C98H134N24O13/c1-16-56(2)83(123)107-80(96(5,6)7)92(132)119-55-70(49-79(119)91(131)110-95(135)106-76-37-25-31-61-28-19-22-34-73(61)76)122-52-67(113-116-122)40-43-103-88(128)64-45-62(86(126)101-41-38-65-50-120(114-111-65)68-47-77(89(129)104-74-35-23-29-59-26-17-20-32-71(59)74)117(53-68)93(133)81(97(8,9)10)108-84(124)57(3)99-14)44-63(46-64)87(127)102-42-39-66-51-121(115-112-66)69-48-78(90(130)105-75-36-24-30-60-27-18-21-33-72(60)75)118(54-69)94(134)82(98(11,12)13)109-85(125)58(4)100-15/h17-22,26-28,32-34,44-46,50-52,56-58,68-70,74-82,99-100H,16,23-25,29-31,35-43,47-49,53-55H2,1-15H3,(H,101,126)(H,102,127)(H,103,128)(H,104,129)(H,105,130)(H,107,123)(H,108,124)(H,109,125)(H2,106,110,131,135)/t56-,57+,58+,68+,69?,70+,74-,75-,76-,77+,78+,79+,80-,81-,82-/m1/s1. The van der Waals surface area contributed by atoms with Crippen molar-refractivity contribution in [1.29, 1.82) is 0 Å². The first-order valence-electron chi connectivity index (χ1n) is 47.6. The van der Waals surface area contributed by atoms with Crippen molar-refractivity contribution >= 4 is 76.9 Å². The average molecular weight is 1860 g/mol. The fourth-order valence-corrected chi connectivity index (χ4v) is 18.9. The van der Waals surface area contributed by atoms with Crippen LogP contribution in [-0.2, 0) is 81.7 Å². The van der Waals surface area contributed by atoms with Gasteiger partial charge in [0.15, 0.2) is 0 Å². The number of hydrogen-bond acceptors (Lipinski definition) is 21. The van der Waals surface area contributed by atoms with Crippen molar-refractivity contribution in [3.05, 3.63) is 177 Å². The highest BCUT2D eigenvalue weighted by Gasteiger charge is 2.51. The molecule has 3 aliphatic carbocycles. The van der Waals surface area contributed by atoms with Gasteiger partial charge in [-0.1, -0.05) is 165 Å². The molecule has 6 heterocycles. The number of likely N-dealkylation sites (N-methyl/N-ethyl adjacent to an activating group) is 2. The molecule has 14 amide bonds. The molecule has 13 rings (SSSR count). The van der Waals surface area contributed by atoms with Gasteiger partial charge in [0.1, 0.15) is 36.3 Å². The first kappa shape index (κ1) is 99.8. The Balaban J connectivity index is 0.712. The van der Waals surface area contributed by atoms with E-state index in [-0.39, 0.29) is 142 Å². The molecule has 724 valence electrons. The van der Waals surface area contributed by atoms with E-state index in [4.69, 9.17) is 0 Å². The lowest BCUT2D eigenvalue weighted by molar-refractivity contribution is -0.144. The zero-order chi connectivity index (χ0) is 97.1. The quantitative estimate of drug-likeness (QED) is 0.0226. The number of likely N-dealkylation sites (tertiary alicyclic amines) is 3. The molecular formula is C98H134N24O13. The van der Waals surface area contributed by atoms with Crippen LogP contribution in [0.3, 0.4) is 0 Å². The number of nitrogens with one attached hydrogen (secondary N) is 12. The highest BCUT2D eigenvalue weighted by atomic mass is 16.2. The maximum absolute atomic E-state index is 15.0. The van der Waals surface area contributed by atoms with Crippen LogP contribution < -0.4 is 63.8 Å². The Morgan fingerprint density at radius 1 is 0.407 bits per heavy atom. The molecule has 12 N–H and O–H groups in total. The minimum Gasteiger partial charge on any atom is -0.352 e. The number of amides is 14. The number of carbonyl (C=O) groups excluding carboxylic acids is 13. The third-order valence-electron chi connectivity index (χ3n) is 27.3. The predicted molar refractivity (Wildman–Crippen MR) is 502 cm³/mol. The number of hydrogen-bond donors (Lipinski definition) is 12. The summed E-state index contributed by atoms with van der Waals surface area (Å²) in [4.78, 5) is 192. The molecule has 6 aliphatic rings. The fourth-order valence-electron chi connectivity index (χ4n) is 18.9. The summed E-state index contributed by atoms with van der Waals surface area (Å²) in [6.07, 6.45) is 13.6. The second-order valence-corrected chi connectivity index (χ2v) is 40.2. The minimum absolute atomic E-state index is 0.00698. The van der Waals surface area contributed by atoms with Crippen LogP contribution in [0.2, 0.25) is 0 Å². The molecule has 3 aromatic heterocycles. The number of fused-ring (bicyclic) bond motifs is 3. The van der Waals surface area contributed by atoms with Crippen molar-refractivity contribution < 1.29 is 62.3 Å². The lowest BCUT2D eigenvalue weighted by Gasteiger charge is -2.36. The van der Waals surface area contributed by atoms with Crippen molar-refractivity contribution in [1.82, 2.24) is 123 Å². The Hall–Kier alpha value is -12.7. The number of benzene rings is 4. The molecule has 0 spiro atoms. The van der Waals surface area contributed by atoms with E-state index in [0.29, 0.717) is 42.8 Å². The number of aromatic nitrogens is 9. The number of imide groups is 1. The molecule has 135 heavy (non-hydrogen) atoms. The molecule has 1 unspecified atom stereocenters. The van der Waals surface area contributed by atoms with Crippen molar-refractivity contribution in [2.75, 3.05) is 53.4 Å². The normalized spacial score (nSPS) is 21.2. The van der Waals surface area contributed by atoms with Gasteiger partial charge in [0.2, 0.25) is 47.3 Å². The second-order valence-electron chi connectivity index (χ2n) is 40.2. The molecule has 37 heteroatoms. The summed E-state index contributed by atoms with van der Waals surface area (Å²) < 4.78 is 4.76. The lowest BCUT2D eigenvalue weighted by atomic mass is 9.85. The van der Waals surface area contributed by atoms with Crippen LogP contribution in [0.15, 0.2) is 110 Å². The van der Waals surface area contributed by atoms with E-state index < -0.39 is 136 Å². The monoisotopic (exact) mass is 1860 g/mol. The van der Waals surface area contributed by atoms with Crippen LogP contribution in [0.25, 0.3) is 0 Å². The van der Waals surface area contributed by atoms with E-state index in [9.17, 15) is 52.7 Å². The van der Waals surface area contributed by atoms with E-state index in [1.54, 1.807) is 62.8 Å². The van der Waals surface area contributed by atoms with Gasteiger partial charge in [-0.15, -0.1) is 15.3 Å². The smallest absolute Gasteiger partial charge is 0.321 e. The third-order valence-corrected chi connectivity index (χ3v) is 27.3. The maximum Gasteiger partial charge on any atom is 0.321 e. The van der Waals surface area contributed by atoms with Gasteiger partial charge in [0.25, 0.3) is 23.6 Å². The van der Waals surface area contributed by atoms with Crippen molar-refractivity contribution in [3.63, 3.8) is 0 Å². The Labute approximate surface area is 788 Å². The largest absolute Gasteiger partial charge is 0.352 e. The van der Waals surface area contributed by atoms with E-state index >= 15 is 9.59 Å². The molecule has 7 aromatic rings. The Bertz CT molecular complexity index is 5290. The Morgan fingerprint density at radius 2 is 0.711 bits per heavy atom. The first-order chi connectivity index (χ1) is 64.3. The molecular weight excluding hydrogens is 1720 g/mol. The summed E-state index contributed by atoms with van der Waals surface area (Å²) in [6, 6.07) is 17.2. The molecule has 3 saturated heterocycles. The molecule has 3 aliphatic heterocycles. The average Bonchev–Trinajstić information content (AvgIpc) is 1.64. The van der Waals surface area contributed by atoms with Gasteiger partial charge in [-0.2, -0.15) is 0 Å². The van der Waals surface area contributed by atoms with Crippen molar-refractivity contribution in [2.45, 2.75) is 277 Å². The van der Waals surface area contributed by atoms with Gasteiger partial charge in [-0.3, -0.25) is 62.9 Å². The fraction of sp³-hybridized carbons (Fsp3) is 0.561. The van der Waals surface area contributed by atoms with Crippen molar-refractivity contribution in [3.8, 4) is 0 Å². The minimum atomic E-state index is -1.18. The van der Waals surface area contributed by atoms with Crippen LogP contribution in [0.1, 0.15) is 272 Å². The van der Waals surface area contributed by atoms with Crippen molar-refractivity contribution in [2.24, 2.45) is 22.2 Å². The van der Waals surface area contributed by atoms with Crippen LogP contribution >= 0.6 is 0 Å². The summed E-state index contributed by atoms with van der Waals surface area (Å²) in [7, 11) is 3.30. The third kappa shape index (κ3) is 24.2. The topological polar surface area (TPSA) is 468 Å². The van der Waals surface area contributed by atoms with E-state index in [1.165, 1.54) is 37.6 Å². The number of urea groups is 1. The predicted octanol–water partition coefficient (Wildman–Crippen LogP) is 5.95. The zero-order valence-electron chi connectivity index (χ0n) is 80.3. The van der Waals surface area contributed by atoms with Gasteiger partial charge in [-0.25, -0.2) is 18.8 Å². The molecule has 4 aromatic carbocycles. The highest BCUT2D eigenvalue weighted by molar-refractivity contribution is 6.05. The second kappa shape index (κ2) is 43.3.